The van der Waals surface area contributed by atoms with Crippen molar-refractivity contribution in [1.29, 1.82) is 0 Å². The fraction of sp³-hybridized carbons (Fsp3) is 0.0714. The van der Waals surface area contributed by atoms with Gasteiger partial charge < -0.3 is 5.11 Å². The first-order chi connectivity index (χ1) is 8.18. The third kappa shape index (κ3) is 2.74. The molecule has 1 N–H and O–H groups in total. The molecule has 0 saturated carbocycles. The molecule has 2 aromatic rings. The highest BCUT2D eigenvalue weighted by Crippen LogP contribution is 2.26. The molecule has 0 bridgehead atoms. The van der Waals surface area contributed by atoms with E-state index in [9.17, 15) is 9.90 Å². The Kier molecular flexibility index (Phi) is 3.59. The van der Waals surface area contributed by atoms with Gasteiger partial charge in [-0.2, -0.15) is 0 Å². The van der Waals surface area contributed by atoms with E-state index in [0.29, 0.717) is 0 Å². The second kappa shape index (κ2) is 5.15. The number of carboxylic acid groups (broad SMARTS) is 1. The molecule has 3 heteroatoms. The summed E-state index contributed by atoms with van der Waals surface area (Å²) in [4.78, 5) is 11.4. The van der Waals surface area contributed by atoms with Crippen LogP contribution in [0.1, 0.15) is 17.0 Å². The molecule has 86 valence electrons. The van der Waals surface area contributed by atoms with Crippen molar-refractivity contribution in [1.82, 2.24) is 0 Å². The number of aliphatic carboxylic acids is 1. The third-order valence-corrected chi connectivity index (χ3v) is 3.11. The zero-order valence-electron chi connectivity index (χ0n) is 9.01. The van der Waals surface area contributed by atoms with Crippen LogP contribution in [0.3, 0.4) is 0 Å². The summed E-state index contributed by atoms with van der Waals surface area (Å²) < 4.78 is 0.943. The van der Waals surface area contributed by atoms with Gasteiger partial charge in [-0.15, -0.1) is 0 Å². The lowest BCUT2D eigenvalue weighted by Crippen LogP contribution is -2.12. The van der Waals surface area contributed by atoms with E-state index in [1.165, 1.54) is 0 Å². The molecule has 0 amide bonds. The number of hydrogen-bond donors (Lipinski definition) is 1. The minimum atomic E-state index is -0.835. The van der Waals surface area contributed by atoms with Crippen molar-refractivity contribution in [2.75, 3.05) is 0 Å². The van der Waals surface area contributed by atoms with Crippen molar-refractivity contribution in [3.63, 3.8) is 0 Å². The predicted octanol–water partition coefficient (Wildman–Crippen LogP) is 3.67. The second-order valence-corrected chi connectivity index (χ2v) is 4.65. The number of benzene rings is 2. The Hall–Kier alpha value is -1.61. The summed E-state index contributed by atoms with van der Waals surface area (Å²) in [6.07, 6.45) is 0. The summed E-state index contributed by atoms with van der Waals surface area (Å²) in [6.45, 7) is 0. The maximum atomic E-state index is 11.4. The number of hydrogen-bond acceptors (Lipinski definition) is 1. The molecule has 0 saturated heterocycles. The van der Waals surface area contributed by atoms with E-state index in [4.69, 9.17) is 0 Å². The normalized spacial score (nSPS) is 12.1. The minimum Gasteiger partial charge on any atom is -0.481 e. The van der Waals surface area contributed by atoms with Gasteiger partial charge in [-0.05, 0) is 23.3 Å². The van der Waals surface area contributed by atoms with Crippen molar-refractivity contribution in [2.45, 2.75) is 5.92 Å². The molecule has 17 heavy (non-hydrogen) atoms. The topological polar surface area (TPSA) is 37.3 Å². The van der Waals surface area contributed by atoms with Crippen LogP contribution in [0.2, 0.25) is 0 Å². The average Bonchev–Trinajstić information content (AvgIpc) is 2.33. The fourth-order valence-corrected chi connectivity index (χ4v) is 2.04. The molecule has 2 rings (SSSR count). The monoisotopic (exact) mass is 290 g/mol. The van der Waals surface area contributed by atoms with Gasteiger partial charge in [0.1, 0.15) is 5.92 Å². The Balaban J connectivity index is 2.43. The van der Waals surface area contributed by atoms with Crippen LogP contribution < -0.4 is 0 Å². The molecule has 2 nitrogen and oxygen atoms in total. The molecule has 0 aliphatic heterocycles. The van der Waals surface area contributed by atoms with Crippen LogP contribution in [0.25, 0.3) is 0 Å². The molecule has 0 radical (unpaired) electrons. The number of carbonyl (C=O) groups is 1. The van der Waals surface area contributed by atoms with Crippen molar-refractivity contribution in [3.05, 3.63) is 70.2 Å². The fourth-order valence-electron chi connectivity index (χ4n) is 1.78. The second-order valence-electron chi connectivity index (χ2n) is 3.73. The molecular formula is C14H11BrO2. The van der Waals surface area contributed by atoms with Crippen LogP contribution in [-0.2, 0) is 4.79 Å². The molecule has 0 aliphatic rings. The highest BCUT2D eigenvalue weighted by atomic mass is 79.9. The molecular weight excluding hydrogens is 280 g/mol. The first kappa shape index (κ1) is 11.9. The smallest absolute Gasteiger partial charge is 0.315 e. The maximum absolute atomic E-state index is 11.4. The first-order valence-corrected chi connectivity index (χ1v) is 6.01. The van der Waals surface area contributed by atoms with Crippen LogP contribution in [-0.4, -0.2) is 11.1 Å². The Morgan fingerprint density at radius 3 is 2.00 bits per heavy atom. The quantitative estimate of drug-likeness (QED) is 0.937. The van der Waals surface area contributed by atoms with Crippen LogP contribution >= 0.6 is 15.9 Å². The van der Waals surface area contributed by atoms with Crippen molar-refractivity contribution < 1.29 is 9.90 Å². The molecule has 0 spiro atoms. The van der Waals surface area contributed by atoms with E-state index in [0.717, 1.165) is 15.6 Å². The van der Waals surface area contributed by atoms with Gasteiger partial charge >= 0.3 is 5.97 Å². The summed E-state index contributed by atoms with van der Waals surface area (Å²) in [6, 6.07) is 16.6. The van der Waals surface area contributed by atoms with E-state index >= 15 is 0 Å². The molecule has 1 atom stereocenters. The predicted molar refractivity (Wildman–Crippen MR) is 70.1 cm³/mol. The molecule has 0 aromatic heterocycles. The van der Waals surface area contributed by atoms with Gasteiger partial charge in [-0.3, -0.25) is 4.79 Å². The minimum absolute atomic E-state index is 0.607. The maximum Gasteiger partial charge on any atom is 0.315 e. The largest absolute Gasteiger partial charge is 0.481 e. The lowest BCUT2D eigenvalue weighted by molar-refractivity contribution is -0.137. The van der Waals surface area contributed by atoms with E-state index in [-0.39, 0.29) is 0 Å². The molecule has 0 fully saturated rings. The highest BCUT2D eigenvalue weighted by Gasteiger charge is 2.21. The summed E-state index contributed by atoms with van der Waals surface area (Å²) in [7, 11) is 0. The van der Waals surface area contributed by atoms with Crippen LogP contribution in [0.15, 0.2) is 59.1 Å². The number of carboxylic acids is 1. The van der Waals surface area contributed by atoms with E-state index in [1.807, 2.05) is 54.6 Å². The van der Waals surface area contributed by atoms with Crippen molar-refractivity contribution in [3.8, 4) is 0 Å². The molecule has 0 unspecified atom stereocenters. The van der Waals surface area contributed by atoms with Crippen LogP contribution in [0, 0.1) is 0 Å². The summed E-state index contributed by atoms with van der Waals surface area (Å²) in [5.74, 6) is -1.44. The van der Waals surface area contributed by atoms with Gasteiger partial charge in [0.2, 0.25) is 0 Å². The zero-order chi connectivity index (χ0) is 12.3. The first-order valence-electron chi connectivity index (χ1n) is 5.21. The number of halogens is 1. The Bertz CT molecular complexity index is 506. The van der Waals surface area contributed by atoms with Gasteiger partial charge in [0, 0.05) is 4.47 Å². The van der Waals surface area contributed by atoms with Gasteiger partial charge in [0.15, 0.2) is 0 Å². The van der Waals surface area contributed by atoms with Gasteiger partial charge in [-0.25, -0.2) is 0 Å². The Morgan fingerprint density at radius 2 is 1.47 bits per heavy atom. The Morgan fingerprint density at radius 1 is 0.941 bits per heavy atom. The Labute approximate surface area is 108 Å². The lowest BCUT2D eigenvalue weighted by atomic mass is 9.92. The zero-order valence-corrected chi connectivity index (χ0v) is 10.6. The third-order valence-electron chi connectivity index (χ3n) is 2.58. The lowest BCUT2D eigenvalue weighted by Gasteiger charge is -2.13. The molecule has 2 aromatic carbocycles. The van der Waals surface area contributed by atoms with Gasteiger partial charge in [-0.1, -0.05) is 58.4 Å². The summed E-state index contributed by atoms with van der Waals surface area (Å²) in [5.41, 5.74) is 1.58. The van der Waals surface area contributed by atoms with E-state index in [2.05, 4.69) is 15.9 Å². The van der Waals surface area contributed by atoms with E-state index in [1.54, 1.807) is 0 Å². The summed E-state index contributed by atoms with van der Waals surface area (Å²) >= 11 is 3.34. The highest BCUT2D eigenvalue weighted by molar-refractivity contribution is 9.10. The average molecular weight is 291 g/mol. The molecule has 0 aliphatic carbocycles. The number of rotatable bonds is 3. The van der Waals surface area contributed by atoms with E-state index < -0.39 is 11.9 Å². The summed E-state index contributed by atoms with van der Waals surface area (Å²) in [5, 5.41) is 9.34. The van der Waals surface area contributed by atoms with Crippen molar-refractivity contribution in [2.24, 2.45) is 0 Å². The standard InChI is InChI=1S/C14H11BrO2/c15-12-8-6-11(7-9-12)13(14(16)17)10-4-2-1-3-5-10/h1-9,13H,(H,16,17)/t13-/m0/s1. The van der Waals surface area contributed by atoms with Gasteiger partial charge in [0.05, 0.1) is 0 Å². The van der Waals surface area contributed by atoms with Crippen molar-refractivity contribution >= 4 is 21.9 Å². The van der Waals surface area contributed by atoms with Gasteiger partial charge in [0.25, 0.3) is 0 Å². The van der Waals surface area contributed by atoms with Crippen LogP contribution in [0.5, 0.6) is 0 Å². The SMILES string of the molecule is O=C(O)[C@@H](c1ccccc1)c1ccc(Br)cc1. The molecule has 0 heterocycles. The van der Waals surface area contributed by atoms with Crippen LogP contribution in [0.4, 0.5) is 0 Å².